The van der Waals surface area contributed by atoms with Crippen molar-refractivity contribution in [2.24, 2.45) is 5.41 Å². The predicted octanol–water partition coefficient (Wildman–Crippen LogP) is 7.71. The van der Waals surface area contributed by atoms with Gasteiger partial charge in [-0.25, -0.2) is 13.6 Å². The number of halogens is 5. The molecule has 0 bridgehead atoms. The third-order valence-corrected chi connectivity index (χ3v) is 10.3. The average molecular weight is 779 g/mol. The molecule has 0 radical (unpaired) electrons. The number of hydrogen-bond donors (Lipinski definition) is 1. The monoisotopic (exact) mass is 777 g/mol. The molecule has 1 unspecified atom stereocenters. The molecule has 8 nitrogen and oxygen atoms in total. The fourth-order valence-corrected chi connectivity index (χ4v) is 7.67. The molecule has 2 aliphatic rings. The smallest absolute Gasteiger partial charge is 0.338 e. The molecule has 0 spiro atoms. The second kappa shape index (κ2) is 17.2. The summed E-state index contributed by atoms with van der Waals surface area (Å²) >= 11 is 12.4. The first-order chi connectivity index (χ1) is 24.2. The molecular formula is C39H44Cl3F2N3O5. The fourth-order valence-electron chi connectivity index (χ4n) is 7.33. The maximum Gasteiger partial charge on any atom is 0.338 e. The van der Waals surface area contributed by atoms with E-state index in [2.05, 4.69) is 16.3 Å². The van der Waals surface area contributed by atoms with Gasteiger partial charge in [0.1, 0.15) is 29.4 Å². The minimum atomic E-state index is -1.75. The number of nitriles is 1. The standard InChI is InChI=1S/C39H43Cl2F2N3O5.ClH/c1-23(46-13-15-50-16-14-46)21-51-37(48)25-10-9-24(32(18-25)49-5)17-31(47)36-34(27-7-6-8-29(41)35(27)43)39(22-44,33(45-36)20-38(2,3)4)28-12-11-26(40)19-30(28)42;/h6-12,18-19,23,33-34,36,45H,13-17,20-21H2,1-5H3;1H/t23?,33-,34-,36-,39-;/m0./s1. The van der Waals surface area contributed by atoms with Crippen molar-refractivity contribution in [3.8, 4) is 11.8 Å². The number of carbonyl (C=O) groups is 2. The number of ketones is 1. The summed E-state index contributed by atoms with van der Waals surface area (Å²) in [4.78, 5) is 29.7. The van der Waals surface area contributed by atoms with Gasteiger partial charge in [-0.05, 0) is 54.7 Å². The van der Waals surface area contributed by atoms with Crippen LogP contribution in [0.4, 0.5) is 8.78 Å². The van der Waals surface area contributed by atoms with Crippen LogP contribution in [0.25, 0.3) is 0 Å². The summed E-state index contributed by atoms with van der Waals surface area (Å²) in [7, 11) is 1.43. The molecule has 2 aliphatic heterocycles. The number of carbonyl (C=O) groups excluding carboxylic acids is 2. The lowest BCUT2D eigenvalue weighted by Gasteiger charge is -2.37. The van der Waals surface area contributed by atoms with Crippen molar-refractivity contribution in [2.45, 2.75) is 70.0 Å². The molecule has 2 fully saturated rings. The number of nitrogens with zero attached hydrogens (tertiary/aromatic N) is 2. The zero-order valence-electron chi connectivity index (χ0n) is 29.8. The van der Waals surface area contributed by atoms with Gasteiger partial charge in [0.15, 0.2) is 5.78 Å². The average Bonchev–Trinajstić information content (AvgIpc) is 3.41. The van der Waals surface area contributed by atoms with Crippen LogP contribution in [0.1, 0.15) is 67.1 Å². The molecule has 0 aliphatic carbocycles. The lowest BCUT2D eigenvalue weighted by atomic mass is 9.62. The van der Waals surface area contributed by atoms with Gasteiger partial charge < -0.3 is 19.5 Å². The number of nitrogens with one attached hydrogen (secondary N) is 1. The fraction of sp³-hybridized carbons (Fsp3) is 0.462. The minimum absolute atomic E-state index is 0. The molecule has 3 aromatic rings. The van der Waals surface area contributed by atoms with Crippen molar-refractivity contribution >= 4 is 47.4 Å². The van der Waals surface area contributed by atoms with E-state index in [1.807, 2.05) is 27.7 Å². The van der Waals surface area contributed by atoms with Crippen molar-refractivity contribution in [2.75, 3.05) is 40.0 Å². The summed E-state index contributed by atoms with van der Waals surface area (Å²) in [6, 6.07) is 13.6. The zero-order valence-corrected chi connectivity index (χ0v) is 32.1. The number of ether oxygens (including phenoxy) is 3. The van der Waals surface area contributed by atoms with E-state index >= 15 is 8.78 Å². The normalized spacial score (nSPS) is 22.6. The van der Waals surface area contributed by atoms with Crippen LogP contribution in [-0.4, -0.2) is 74.8 Å². The van der Waals surface area contributed by atoms with E-state index in [-0.39, 0.29) is 69.4 Å². The van der Waals surface area contributed by atoms with Gasteiger partial charge in [-0.1, -0.05) is 68.2 Å². The highest BCUT2D eigenvalue weighted by molar-refractivity contribution is 6.31. The van der Waals surface area contributed by atoms with Crippen LogP contribution in [0.2, 0.25) is 10.0 Å². The summed E-state index contributed by atoms with van der Waals surface area (Å²) in [6.45, 7) is 10.9. The summed E-state index contributed by atoms with van der Waals surface area (Å²) in [5, 5.41) is 14.4. The molecular weight excluding hydrogens is 735 g/mol. The highest BCUT2D eigenvalue weighted by Crippen LogP contribution is 2.53. The molecule has 2 heterocycles. The van der Waals surface area contributed by atoms with Crippen LogP contribution < -0.4 is 10.1 Å². The summed E-state index contributed by atoms with van der Waals surface area (Å²) in [5.74, 6) is -3.37. The van der Waals surface area contributed by atoms with E-state index in [1.54, 1.807) is 18.2 Å². The number of benzene rings is 3. The van der Waals surface area contributed by atoms with Crippen molar-refractivity contribution in [3.63, 3.8) is 0 Å². The van der Waals surface area contributed by atoms with Crippen LogP contribution in [0, 0.1) is 28.4 Å². The third-order valence-electron chi connectivity index (χ3n) is 9.81. The Morgan fingerprint density at radius 3 is 2.46 bits per heavy atom. The van der Waals surface area contributed by atoms with Crippen molar-refractivity contribution in [3.05, 3.63) is 98.5 Å². The first-order valence-electron chi connectivity index (χ1n) is 17.0. The second-order valence-electron chi connectivity index (χ2n) is 14.5. The molecule has 280 valence electrons. The van der Waals surface area contributed by atoms with Crippen LogP contribution in [0.15, 0.2) is 54.6 Å². The van der Waals surface area contributed by atoms with Crippen molar-refractivity contribution in [1.29, 1.82) is 5.26 Å². The zero-order chi connectivity index (χ0) is 37.1. The number of Topliss-reactive ketones (excluding diaryl/α,β-unsaturated/α-hetero) is 1. The highest BCUT2D eigenvalue weighted by atomic mass is 35.5. The molecule has 5 rings (SSSR count). The largest absolute Gasteiger partial charge is 0.496 e. The number of morpholine rings is 1. The van der Waals surface area contributed by atoms with Crippen LogP contribution in [0.3, 0.4) is 0 Å². The van der Waals surface area contributed by atoms with E-state index in [0.29, 0.717) is 25.2 Å². The maximum absolute atomic E-state index is 16.0. The topological polar surface area (TPSA) is 101 Å². The second-order valence-corrected chi connectivity index (χ2v) is 15.3. The maximum atomic E-state index is 16.0. The molecule has 1 N–H and O–H groups in total. The predicted molar refractivity (Wildman–Crippen MR) is 199 cm³/mol. The minimum Gasteiger partial charge on any atom is -0.496 e. The van der Waals surface area contributed by atoms with Gasteiger partial charge in [0.25, 0.3) is 0 Å². The first kappa shape index (κ1) is 41.5. The van der Waals surface area contributed by atoms with Gasteiger partial charge in [0.2, 0.25) is 0 Å². The Morgan fingerprint density at radius 2 is 1.83 bits per heavy atom. The Morgan fingerprint density at radius 1 is 1.12 bits per heavy atom. The lowest BCUT2D eigenvalue weighted by molar-refractivity contribution is -0.120. The summed E-state index contributed by atoms with van der Waals surface area (Å²) in [5.41, 5.74) is -1.40. The lowest BCUT2D eigenvalue weighted by Crippen LogP contribution is -2.44. The Bertz CT molecular complexity index is 1810. The van der Waals surface area contributed by atoms with Crippen molar-refractivity contribution in [1.82, 2.24) is 10.2 Å². The molecule has 2 saturated heterocycles. The summed E-state index contributed by atoms with van der Waals surface area (Å²) < 4.78 is 48.6. The van der Waals surface area contributed by atoms with Gasteiger partial charge in [-0.2, -0.15) is 5.26 Å². The van der Waals surface area contributed by atoms with E-state index in [4.69, 9.17) is 37.4 Å². The number of methoxy groups -OCH3 is 1. The van der Waals surface area contributed by atoms with Gasteiger partial charge in [-0.15, -0.1) is 12.4 Å². The van der Waals surface area contributed by atoms with E-state index in [9.17, 15) is 14.9 Å². The Hall–Kier alpha value is -3.30. The molecule has 3 aromatic carbocycles. The molecule has 5 atom stereocenters. The summed E-state index contributed by atoms with van der Waals surface area (Å²) in [6.07, 6.45) is 0.144. The van der Waals surface area contributed by atoms with Gasteiger partial charge in [0, 0.05) is 53.7 Å². The van der Waals surface area contributed by atoms with E-state index < -0.39 is 46.8 Å². The Balaban J connectivity index is 0.00000605. The van der Waals surface area contributed by atoms with Crippen LogP contribution >= 0.6 is 35.6 Å². The van der Waals surface area contributed by atoms with E-state index in [0.717, 1.165) is 19.2 Å². The Kier molecular flexibility index (Phi) is 13.7. The van der Waals surface area contributed by atoms with Crippen molar-refractivity contribution < 1.29 is 32.6 Å². The van der Waals surface area contributed by atoms with Gasteiger partial charge in [0.05, 0.1) is 43.0 Å². The first-order valence-corrected chi connectivity index (χ1v) is 17.7. The van der Waals surface area contributed by atoms with E-state index in [1.165, 1.54) is 37.4 Å². The number of hydrogen-bond acceptors (Lipinski definition) is 8. The molecule has 52 heavy (non-hydrogen) atoms. The number of rotatable bonds is 11. The number of esters is 1. The third kappa shape index (κ3) is 8.73. The molecule has 0 aromatic heterocycles. The van der Waals surface area contributed by atoms with Gasteiger partial charge >= 0.3 is 5.97 Å². The Labute approximate surface area is 320 Å². The molecule has 13 heteroatoms. The van der Waals surface area contributed by atoms with Gasteiger partial charge in [-0.3, -0.25) is 9.69 Å². The van der Waals surface area contributed by atoms with Crippen LogP contribution in [-0.2, 0) is 26.1 Å². The highest BCUT2D eigenvalue weighted by Gasteiger charge is 2.61. The van der Waals surface area contributed by atoms with Crippen LogP contribution in [0.5, 0.6) is 5.75 Å². The SMILES string of the molecule is COc1cc(C(=O)OCC(C)N2CCOCC2)ccc1CC(=O)[C@@H]1N[C@@H](CC(C)(C)C)[C@](C#N)(c2ccc(Cl)cc2F)[C@H]1c1cccc(Cl)c1F.Cl. The molecule has 0 amide bonds. The quantitative estimate of drug-likeness (QED) is 0.198. The molecule has 0 saturated carbocycles.